The van der Waals surface area contributed by atoms with E-state index in [1.165, 1.54) is 11.6 Å². The molecule has 0 fully saturated rings. The average Bonchev–Trinajstić information content (AvgIpc) is 2.98. The maximum absolute atomic E-state index is 11.8. The summed E-state index contributed by atoms with van der Waals surface area (Å²) < 4.78 is 9.96. The van der Waals surface area contributed by atoms with Crippen LogP contribution in [0.25, 0.3) is 22.3 Å². The number of ether oxygens (including phenoxy) is 2. The van der Waals surface area contributed by atoms with Gasteiger partial charge in [0.2, 0.25) is 0 Å². The molecule has 0 aliphatic rings. The van der Waals surface area contributed by atoms with Gasteiger partial charge in [0.25, 0.3) is 0 Å². The minimum absolute atomic E-state index is 0.0659. The molecule has 4 rings (SSSR count). The lowest BCUT2D eigenvalue weighted by Gasteiger charge is -2.09. The first-order chi connectivity index (χ1) is 19.6. The molecule has 41 heavy (non-hydrogen) atoms. The number of hydrogen-bond acceptors (Lipinski definition) is 6. The Hall–Kier alpha value is -4.75. The number of hydrogen-bond donors (Lipinski definition) is 2. The third kappa shape index (κ3) is 8.62. The van der Waals surface area contributed by atoms with E-state index in [-0.39, 0.29) is 30.3 Å². The van der Waals surface area contributed by atoms with Gasteiger partial charge < -0.3 is 19.7 Å². The maximum atomic E-state index is 11.8. The summed E-state index contributed by atoms with van der Waals surface area (Å²) in [5, 5.41) is 18.5. The molecule has 0 heterocycles. The van der Waals surface area contributed by atoms with Crippen molar-refractivity contribution in [1.29, 1.82) is 0 Å². The number of aliphatic hydroxyl groups is 1. The Bertz CT molecular complexity index is 1500. The predicted molar refractivity (Wildman–Crippen MR) is 158 cm³/mol. The van der Waals surface area contributed by atoms with Crippen molar-refractivity contribution in [2.24, 2.45) is 0 Å². The molecular formula is C34H34O7. The second-order valence-electron chi connectivity index (χ2n) is 9.35. The third-order valence-corrected chi connectivity index (χ3v) is 6.15. The van der Waals surface area contributed by atoms with E-state index in [1.54, 1.807) is 38.1 Å². The number of benzene rings is 4. The van der Waals surface area contributed by atoms with Crippen LogP contribution in [0.2, 0.25) is 0 Å². The first-order valence-electron chi connectivity index (χ1n) is 13.3. The zero-order valence-electron chi connectivity index (χ0n) is 23.6. The smallest absolute Gasteiger partial charge is 0.338 e. The molecule has 0 aromatic heterocycles. The fourth-order valence-electron chi connectivity index (χ4n) is 4.02. The van der Waals surface area contributed by atoms with E-state index in [0.29, 0.717) is 23.3 Å². The molecule has 0 saturated carbocycles. The quantitative estimate of drug-likeness (QED) is 0.229. The van der Waals surface area contributed by atoms with Crippen LogP contribution < -0.4 is 0 Å². The summed E-state index contributed by atoms with van der Waals surface area (Å²) in [6.07, 6.45) is 0. The second-order valence-corrected chi connectivity index (χ2v) is 9.35. The number of carbonyl (C=O) groups excluding carboxylic acids is 2. The van der Waals surface area contributed by atoms with Gasteiger partial charge in [-0.2, -0.15) is 0 Å². The largest absolute Gasteiger partial charge is 0.478 e. The van der Waals surface area contributed by atoms with Gasteiger partial charge in [-0.1, -0.05) is 59.7 Å². The Morgan fingerprint density at radius 2 is 1.00 bits per heavy atom. The molecule has 0 unspecified atom stereocenters. The molecule has 0 atom stereocenters. The number of rotatable bonds is 8. The molecule has 0 saturated heterocycles. The highest BCUT2D eigenvalue weighted by atomic mass is 16.5. The van der Waals surface area contributed by atoms with Crippen LogP contribution in [0, 0.1) is 13.8 Å². The molecule has 0 aliphatic carbocycles. The van der Waals surface area contributed by atoms with Crippen LogP contribution >= 0.6 is 0 Å². The van der Waals surface area contributed by atoms with E-state index in [2.05, 4.69) is 0 Å². The first kappa shape index (κ1) is 30.8. The Labute approximate surface area is 240 Å². The molecule has 0 bridgehead atoms. The van der Waals surface area contributed by atoms with Crippen molar-refractivity contribution in [3.05, 3.63) is 118 Å². The lowest BCUT2D eigenvalue weighted by molar-refractivity contribution is 0.0516. The Balaban J connectivity index is 0.000000226. The molecule has 7 nitrogen and oxygen atoms in total. The highest BCUT2D eigenvalue weighted by Crippen LogP contribution is 2.25. The van der Waals surface area contributed by atoms with Crippen molar-refractivity contribution in [3.63, 3.8) is 0 Å². The van der Waals surface area contributed by atoms with Crippen LogP contribution in [0.3, 0.4) is 0 Å². The molecule has 4 aromatic carbocycles. The molecule has 0 radical (unpaired) electrons. The van der Waals surface area contributed by atoms with E-state index in [1.807, 2.05) is 68.4 Å². The van der Waals surface area contributed by atoms with Crippen LogP contribution in [0.4, 0.5) is 0 Å². The highest BCUT2D eigenvalue weighted by Gasteiger charge is 2.14. The molecule has 2 N–H and O–H groups in total. The minimum atomic E-state index is -1.07. The first-order valence-corrected chi connectivity index (χ1v) is 13.3. The Morgan fingerprint density at radius 1 is 0.585 bits per heavy atom. The Kier molecular flexibility index (Phi) is 11.0. The zero-order chi connectivity index (χ0) is 29.9. The van der Waals surface area contributed by atoms with Gasteiger partial charge in [0.1, 0.15) is 0 Å². The van der Waals surface area contributed by atoms with Gasteiger partial charge in [0.15, 0.2) is 0 Å². The summed E-state index contributed by atoms with van der Waals surface area (Å²) in [6, 6.07) is 25.6. The van der Waals surface area contributed by atoms with Crippen molar-refractivity contribution in [1.82, 2.24) is 0 Å². The van der Waals surface area contributed by atoms with Crippen LogP contribution in [0.15, 0.2) is 84.9 Å². The van der Waals surface area contributed by atoms with Crippen molar-refractivity contribution in [3.8, 4) is 22.3 Å². The summed E-state index contributed by atoms with van der Waals surface area (Å²) in [7, 11) is 0. The molecular weight excluding hydrogens is 520 g/mol. The fraction of sp³-hybridized carbons (Fsp3) is 0.206. The number of aliphatic hydroxyl groups excluding tert-OH is 1. The van der Waals surface area contributed by atoms with Crippen molar-refractivity contribution < 1.29 is 34.1 Å². The monoisotopic (exact) mass is 554 g/mol. The normalized spacial score (nSPS) is 10.3. The molecule has 4 aromatic rings. The van der Waals surface area contributed by atoms with Crippen molar-refractivity contribution in [2.45, 2.75) is 34.3 Å². The molecule has 0 aliphatic heterocycles. The molecule has 0 amide bonds. The minimum Gasteiger partial charge on any atom is -0.478 e. The van der Waals surface area contributed by atoms with Crippen molar-refractivity contribution >= 4 is 17.9 Å². The number of carboxylic acid groups (broad SMARTS) is 1. The van der Waals surface area contributed by atoms with Gasteiger partial charge >= 0.3 is 17.9 Å². The molecule has 0 spiro atoms. The zero-order valence-corrected chi connectivity index (χ0v) is 23.6. The summed E-state index contributed by atoms with van der Waals surface area (Å²) >= 11 is 0. The van der Waals surface area contributed by atoms with E-state index in [0.717, 1.165) is 22.3 Å². The molecule has 212 valence electrons. The average molecular weight is 555 g/mol. The van der Waals surface area contributed by atoms with E-state index in [9.17, 15) is 24.6 Å². The van der Waals surface area contributed by atoms with Gasteiger partial charge in [0.05, 0.1) is 36.5 Å². The van der Waals surface area contributed by atoms with Gasteiger partial charge in [-0.25, -0.2) is 14.4 Å². The fourth-order valence-corrected chi connectivity index (χ4v) is 4.02. The lowest BCUT2D eigenvalue weighted by atomic mass is 9.99. The van der Waals surface area contributed by atoms with Crippen molar-refractivity contribution in [2.75, 3.05) is 13.2 Å². The van der Waals surface area contributed by atoms with Crippen LogP contribution in [0.5, 0.6) is 0 Å². The summed E-state index contributed by atoms with van der Waals surface area (Å²) in [5.74, 6) is -1.96. The van der Waals surface area contributed by atoms with Crippen LogP contribution in [-0.4, -0.2) is 41.3 Å². The van der Waals surface area contributed by atoms with Gasteiger partial charge in [0, 0.05) is 0 Å². The number of aromatic carboxylic acids is 1. The lowest BCUT2D eigenvalue weighted by Crippen LogP contribution is -2.07. The number of carbonyl (C=O) groups is 3. The summed E-state index contributed by atoms with van der Waals surface area (Å²) in [6.45, 7) is 7.96. The third-order valence-electron chi connectivity index (χ3n) is 6.15. The van der Waals surface area contributed by atoms with E-state index in [4.69, 9.17) is 9.47 Å². The summed E-state index contributed by atoms with van der Waals surface area (Å²) in [5.41, 5.74) is 7.21. The van der Waals surface area contributed by atoms with Crippen LogP contribution in [0.1, 0.15) is 61.6 Å². The molecule has 7 heteroatoms. The topological polar surface area (TPSA) is 110 Å². The Morgan fingerprint density at radius 3 is 1.41 bits per heavy atom. The number of esters is 2. The second kappa shape index (κ2) is 14.6. The van der Waals surface area contributed by atoms with Crippen LogP contribution in [-0.2, 0) is 16.1 Å². The van der Waals surface area contributed by atoms with Gasteiger partial charge in [-0.3, -0.25) is 0 Å². The summed E-state index contributed by atoms with van der Waals surface area (Å²) in [4.78, 5) is 34.9. The SMILES string of the molecule is CCOC(=O)c1cc(C(=O)O)cc(-c2ccc(C)cc2)c1.CCOC(=O)c1cc(CO)cc(-c2ccc(C)cc2)c1. The predicted octanol–water partition coefficient (Wildman–Crippen LogP) is 6.87. The van der Waals surface area contributed by atoms with E-state index >= 15 is 0 Å². The van der Waals surface area contributed by atoms with Gasteiger partial charge in [-0.15, -0.1) is 0 Å². The standard InChI is InChI=1S/C17H16O4.C17H18O3/c1-3-21-17(20)15-9-13(8-14(10-15)16(18)19)12-6-4-11(2)5-7-12;1-3-20-17(19)16-9-13(11-18)8-15(10-16)14-6-4-12(2)5-7-14/h4-10H,3H2,1-2H3,(H,18,19);4-10,18H,3,11H2,1-2H3. The van der Waals surface area contributed by atoms with Gasteiger partial charge in [-0.05, 0) is 91.9 Å². The maximum Gasteiger partial charge on any atom is 0.338 e. The number of aryl methyl sites for hydroxylation is 2. The highest BCUT2D eigenvalue weighted by molar-refractivity contribution is 5.97. The number of carboxylic acids is 1. The van der Waals surface area contributed by atoms with E-state index < -0.39 is 11.9 Å².